The first kappa shape index (κ1) is 11.1. The Labute approximate surface area is 93.5 Å². The molecule has 1 atom stereocenters. The van der Waals surface area contributed by atoms with E-state index in [-0.39, 0.29) is 11.2 Å². The van der Waals surface area contributed by atoms with Crippen molar-refractivity contribution >= 4 is 0 Å². The number of rotatable bonds is 3. The molecule has 0 aromatic carbocycles. The van der Waals surface area contributed by atoms with Crippen LogP contribution in [-0.4, -0.2) is 22.6 Å². The summed E-state index contributed by atoms with van der Waals surface area (Å²) in [6, 6.07) is 1.52. The lowest BCUT2D eigenvalue weighted by molar-refractivity contribution is 0.519. The second-order valence-electron chi connectivity index (χ2n) is 4.39. The van der Waals surface area contributed by atoms with E-state index >= 15 is 0 Å². The van der Waals surface area contributed by atoms with E-state index in [0.29, 0.717) is 5.92 Å². The summed E-state index contributed by atoms with van der Waals surface area (Å²) in [5.41, 5.74) is 0.190. The number of aromatic amines is 1. The molecular formula is C11H17N3O2. The van der Waals surface area contributed by atoms with E-state index in [9.17, 15) is 9.59 Å². The van der Waals surface area contributed by atoms with Gasteiger partial charge in [0.15, 0.2) is 0 Å². The average molecular weight is 223 g/mol. The van der Waals surface area contributed by atoms with Gasteiger partial charge in [0, 0.05) is 18.8 Å². The molecule has 2 N–H and O–H groups in total. The smallest absolute Gasteiger partial charge is 0.316 e. The second-order valence-corrected chi connectivity index (χ2v) is 4.39. The van der Waals surface area contributed by atoms with Crippen molar-refractivity contribution in [1.29, 1.82) is 0 Å². The van der Waals surface area contributed by atoms with Crippen LogP contribution >= 0.6 is 0 Å². The summed E-state index contributed by atoms with van der Waals surface area (Å²) in [5, 5.41) is 3.31. The highest BCUT2D eigenvalue weighted by atomic mass is 16.2. The van der Waals surface area contributed by atoms with Gasteiger partial charge in [-0.15, -0.1) is 0 Å². The monoisotopic (exact) mass is 223 g/mol. The second kappa shape index (κ2) is 4.65. The van der Waals surface area contributed by atoms with E-state index in [1.807, 2.05) is 0 Å². The van der Waals surface area contributed by atoms with Crippen molar-refractivity contribution in [3.63, 3.8) is 0 Å². The number of nitrogens with zero attached hydrogens (tertiary/aromatic N) is 1. The highest BCUT2D eigenvalue weighted by Crippen LogP contribution is 2.14. The summed E-state index contributed by atoms with van der Waals surface area (Å²) in [6.07, 6.45) is 3.02. The number of aryl methyl sites for hydroxylation is 1. The number of hydrogen-bond acceptors (Lipinski definition) is 3. The largest absolute Gasteiger partial charge is 0.328 e. The molecule has 0 aliphatic carbocycles. The minimum Gasteiger partial charge on any atom is -0.316 e. The van der Waals surface area contributed by atoms with Gasteiger partial charge < -0.3 is 9.88 Å². The van der Waals surface area contributed by atoms with Gasteiger partial charge >= 0.3 is 5.69 Å². The molecule has 1 unspecified atom stereocenters. The van der Waals surface area contributed by atoms with Gasteiger partial charge in [-0.2, -0.15) is 0 Å². The Morgan fingerprint density at radius 1 is 1.50 bits per heavy atom. The van der Waals surface area contributed by atoms with E-state index in [1.54, 1.807) is 7.05 Å². The Kier molecular flexibility index (Phi) is 3.24. The highest BCUT2D eigenvalue weighted by Gasteiger charge is 2.14. The van der Waals surface area contributed by atoms with Gasteiger partial charge in [-0.1, -0.05) is 0 Å². The molecule has 1 saturated heterocycles. The number of H-pyrrole nitrogens is 1. The van der Waals surface area contributed by atoms with E-state index in [4.69, 9.17) is 0 Å². The molecule has 2 heterocycles. The third-order valence-electron chi connectivity index (χ3n) is 3.23. The molecule has 0 saturated carbocycles. The zero-order chi connectivity index (χ0) is 11.5. The fourth-order valence-electron chi connectivity index (χ4n) is 2.16. The summed E-state index contributed by atoms with van der Waals surface area (Å²) >= 11 is 0. The first-order valence-electron chi connectivity index (χ1n) is 5.67. The Hall–Kier alpha value is -1.36. The predicted octanol–water partition coefficient (Wildman–Crippen LogP) is -0.384. The molecule has 0 bridgehead atoms. The summed E-state index contributed by atoms with van der Waals surface area (Å²) in [4.78, 5) is 24.8. The standard InChI is InChI=1S/C11H17N3O2/c1-14-9(6-10(15)13-11(14)16)3-2-8-4-5-12-7-8/h6,8,12H,2-5,7H2,1H3,(H,13,15,16). The molecule has 0 radical (unpaired) electrons. The van der Waals surface area contributed by atoms with Crippen molar-refractivity contribution < 1.29 is 0 Å². The Morgan fingerprint density at radius 3 is 3.00 bits per heavy atom. The average Bonchev–Trinajstić information content (AvgIpc) is 2.74. The molecule has 1 aliphatic heterocycles. The Bertz CT molecular complexity index is 469. The molecule has 1 fully saturated rings. The van der Waals surface area contributed by atoms with E-state index in [1.165, 1.54) is 17.1 Å². The van der Waals surface area contributed by atoms with Crippen LogP contribution in [0.1, 0.15) is 18.5 Å². The molecule has 5 nitrogen and oxygen atoms in total. The maximum Gasteiger partial charge on any atom is 0.328 e. The number of nitrogens with one attached hydrogen (secondary N) is 2. The quantitative estimate of drug-likeness (QED) is 0.733. The van der Waals surface area contributed by atoms with Crippen LogP contribution in [0.15, 0.2) is 15.7 Å². The highest BCUT2D eigenvalue weighted by molar-refractivity contribution is 5.01. The van der Waals surface area contributed by atoms with Crippen molar-refractivity contribution in [2.75, 3.05) is 13.1 Å². The van der Waals surface area contributed by atoms with Crippen molar-refractivity contribution in [3.8, 4) is 0 Å². The van der Waals surface area contributed by atoms with Crippen molar-refractivity contribution in [2.45, 2.75) is 19.3 Å². The van der Waals surface area contributed by atoms with Gasteiger partial charge in [-0.05, 0) is 38.3 Å². The van der Waals surface area contributed by atoms with Crippen LogP contribution in [0.3, 0.4) is 0 Å². The van der Waals surface area contributed by atoms with Gasteiger partial charge in [0.25, 0.3) is 5.56 Å². The molecule has 16 heavy (non-hydrogen) atoms. The van der Waals surface area contributed by atoms with Gasteiger partial charge in [-0.3, -0.25) is 9.78 Å². The molecule has 1 aromatic heterocycles. The van der Waals surface area contributed by atoms with E-state index in [0.717, 1.165) is 31.6 Å². The molecule has 2 rings (SSSR count). The first-order valence-corrected chi connectivity index (χ1v) is 5.67. The minimum atomic E-state index is -0.327. The van der Waals surface area contributed by atoms with E-state index < -0.39 is 0 Å². The fraction of sp³-hybridized carbons (Fsp3) is 0.636. The molecule has 1 aromatic rings. The summed E-state index contributed by atoms with van der Waals surface area (Å²) in [6.45, 7) is 2.14. The van der Waals surface area contributed by atoms with Crippen molar-refractivity contribution in [2.24, 2.45) is 13.0 Å². The summed E-state index contributed by atoms with van der Waals surface area (Å²) in [5.74, 6) is 0.675. The van der Waals surface area contributed by atoms with Gasteiger partial charge in [0.2, 0.25) is 0 Å². The van der Waals surface area contributed by atoms with Crippen LogP contribution < -0.4 is 16.6 Å². The van der Waals surface area contributed by atoms with Crippen LogP contribution in [0.2, 0.25) is 0 Å². The molecule has 0 spiro atoms. The third-order valence-corrected chi connectivity index (χ3v) is 3.23. The SMILES string of the molecule is Cn1c(CCC2CCNC2)cc(=O)[nH]c1=O. The van der Waals surface area contributed by atoms with Gasteiger partial charge in [0.05, 0.1) is 0 Å². The van der Waals surface area contributed by atoms with Crippen LogP contribution in [0.4, 0.5) is 0 Å². The fourth-order valence-corrected chi connectivity index (χ4v) is 2.16. The van der Waals surface area contributed by atoms with Crippen LogP contribution in [0, 0.1) is 5.92 Å². The lowest BCUT2D eigenvalue weighted by atomic mass is 10.0. The van der Waals surface area contributed by atoms with E-state index in [2.05, 4.69) is 10.3 Å². The van der Waals surface area contributed by atoms with Gasteiger partial charge in [0.1, 0.15) is 0 Å². The number of hydrogen-bond donors (Lipinski definition) is 2. The lowest BCUT2D eigenvalue weighted by Gasteiger charge is -2.10. The van der Waals surface area contributed by atoms with Crippen LogP contribution in [0.5, 0.6) is 0 Å². The van der Waals surface area contributed by atoms with Crippen LogP contribution in [-0.2, 0) is 13.5 Å². The molecule has 88 valence electrons. The number of aromatic nitrogens is 2. The molecule has 1 aliphatic rings. The zero-order valence-electron chi connectivity index (χ0n) is 9.45. The maximum absolute atomic E-state index is 11.4. The maximum atomic E-state index is 11.4. The summed E-state index contributed by atoms with van der Waals surface area (Å²) < 4.78 is 1.52. The summed E-state index contributed by atoms with van der Waals surface area (Å²) in [7, 11) is 1.69. The van der Waals surface area contributed by atoms with Crippen molar-refractivity contribution in [1.82, 2.24) is 14.9 Å². The Morgan fingerprint density at radius 2 is 2.31 bits per heavy atom. The molecule has 5 heteroatoms. The molecule has 0 amide bonds. The Balaban J connectivity index is 2.08. The van der Waals surface area contributed by atoms with Gasteiger partial charge in [-0.25, -0.2) is 4.79 Å². The third kappa shape index (κ3) is 2.41. The topological polar surface area (TPSA) is 66.9 Å². The predicted molar refractivity (Wildman–Crippen MR) is 61.6 cm³/mol. The van der Waals surface area contributed by atoms with Crippen molar-refractivity contribution in [3.05, 3.63) is 32.6 Å². The molecular weight excluding hydrogens is 206 g/mol. The van der Waals surface area contributed by atoms with Crippen LogP contribution in [0.25, 0.3) is 0 Å². The minimum absolute atomic E-state index is 0.303. The zero-order valence-corrected chi connectivity index (χ0v) is 9.45. The first-order chi connectivity index (χ1) is 7.66. The normalized spacial score (nSPS) is 20.2. The lowest BCUT2D eigenvalue weighted by Crippen LogP contribution is -2.30.